The van der Waals surface area contributed by atoms with Crippen LogP contribution in [0.3, 0.4) is 0 Å². The van der Waals surface area contributed by atoms with E-state index in [4.69, 9.17) is 4.74 Å². The van der Waals surface area contributed by atoms with Crippen molar-refractivity contribution in [3.05, 3.63) is 35.5 Å². The van der Waals surface area contributed by atoms with Gasteiger partial charge >= 0.3 is 0 Å². The van der Waals surface area contributed by atoms with E-state index in [1.165, 1.54) is 22.0 Å². The van der Waals surface area contributed by atoms with Crippen molar-refractivity contribution in [2.24, 2.45) is 10.9 Å². The molecule has 0 unspecified atom stereocenters. The van der Waals surface area contributed by atoms with Gasteiger partial charge in [0.2, 0.25) is 0 Å². The molecule has 0 aliphatic rings. The van der Waals surface area contributed by atoms with Crippen LogP contribution in [0.1, 0.15) is 31.4 Å². The van der Waals surface area contributed by atoms with Crippen LogP contribution in [0, 0.1) is 12.8 Å². The lowest BCUT2D eigenvalue weighted by Crippen LogP contribution is -2.39. The normalized spacial score (nSPS) is 11.7. The number of nitrogens with one attached hydrogen (secondary N) is 3. The third kappa shape index (κ3) is 7.15. The lowest BCUT2D eigenvalue weighted by molar-refractivity contribution is 0.108. The smallest absolute Gasteiger partial charge is 0.190 e. The van der Waals surface area contributed by atoms with Crippen LogP contribution >= 0.6 is 24.0 Å². The molecule has 1 heterocycles. The Bertz CT molecular complexity index is 682. The zero-order valence-electron chi connectivity index (χ0n) is 16.4. The second-order valence-corrected chi connectivity index (χ2v) is 6.81. The van der Waals surface area contributed by atoms with Crippen LogP contribution in [0.15, 0.2) is 29.4 Å². The summed E-state index contributed by atoms with van der Waals surface area (Å²) in [6.45, 7) is 9.83. The number of hydrogen-bond acceptors (Lipinski definition) is 2. The Morgan fingerprint density at radius 2 is 2.00 bits per heavy atom. The summed E-state index contributed by atoms with van der Waals surface area (Å²) in [4.78, 5) is 7.63. The van der Waals surface area contributed by atoms with Gasteiger partial charge in [0.1, 0.15) is 0 Å². The Kier molecular flexibility index (Phi) is 10.7. The number of guanidine groups is 1. The minimum atomic E-state index is 0. The Morgan fingerprint density at radius 1 is 1.23 bits per heavy atom. The molecule has 5 nitrogen and oxygen atoms in total. The first kappa shape index (κ1) is 22.8. The van der Waals surface area contributed by atoms with Crippen molar-refractivity contribution in [2.75, 3.05) is 33.4 Å². The van der Waals surface area contributed by atoms with Crippen LogP contribution < -0.4 is 10.6 Å². The molecule has 6 heteroatoms. The van der Waals surface area contributed by atoms with E-state index in [0.717, 1.165) is 45.1 Å². The topological polar surface area (TPSA) is 61.4 Å². The molecule has 0 aliphatic heterocycles. The minimum absolute atomic E-state index is 0. The Hall–Kier alpha value is -1.28. The fraction of sp³-hybridized carbons (Fsp3) is 0.550. The van der Waals surface area contributed by atoms with Crippen LogP contribution in [0.25, 0.3) is 10.9 Å². The van der Waals surface area contributed by atoms with Gasteiger partial charge in [0.05, 0.1) is 0 Å². The van der Waals surface area contributed by atoms with Crippen molar-refractivity contribution in [1.82, 2.24) is 15.6 Å². The predicted molar refractivity (Wildman–Crippen MR) is 122 cm³/mol. The van der Waals surface area contributed by atoms with Crippen LogP contribution in [-0.4, -0.2) is 44.3 Å². The maximum atomic E-state index is 5.59. The van der Waals surface area contributed by atoms with Gasteiger partial charge in [-0.15, -0.1) is 24.0 Å². The quantitative estimate of drug-likeness (QED) is 0.225. The molecule has 0 spiro atoms. The second-order valence-electron chi connectivity index (χ2n) is 6.81. The number of benzene rings is 1. The molecule has 0 saturated heterocycles. The molecule has 0 bridgehead atoms. The molecule has 1 aromatic carbocycles. The van der Waals surface area contributed by atoms with Gasteiger partial charge in [0, 0.05) is 50.5 Å². The maximum Gasteiger partial charge on any atom is 0.190 e. The number of nitrogens with zero attached hydrogens (tertiary/aromatic N) is 1. The zero-order valence-corrected chi connectivity index (χ0v) is 18.7. The fourth-order valence-electron chi connectivity index (χ4n) is 2.88. The van der Waals surface area contributed by atoms with Crippen LogP contribution in [0.5, 0.6) is 0 Å². The lowest BCUT2D eigenvalue weighted by Gasteiger charge is -2.12. The first-order valence-corrected chi connectivity index (χ1v) is 9.19. The number of halogens is 1. The van der Waals surface area contributed by atoms with E-state index in [1.54, 1.807) is 7.05 Å². The van der Waals surface area contributed by atoms with Gasteiger partial charge in [0.25, 0.3) is 0 Å². The molecule has 26 heavy (non-hydrogen) atoms. The summed E-state index contributed by atoms with van der Waals surface area (Å²) >= 11 is 0. The summed E-state index contributed by atoms with van der Waals surface area (Å²) in [7, 11) is 1.81. The largest absolute Gasteiger partial charge is 0.381 e. The maximum absolute atomic E-state index is 5.59. The van der Waals surface area contributed by atoms with E-state index in [-0.39, 0.29) is 24.0 Å². The van der Waals surface area contributed by atoms with E-state index in [2.05, 4.69) is 65.8 Å². The molecule has 0 aliphatic carbocycles. The van der Waals surface area contributed by atoms with Crippen molar-refractivity contribution >= 4 is 40.8 Å². The van der Waals surface area contributed by atoms with E-state index in [1.807, 2.05) is 0 Å². The van der Waals surface area contributed by atoms with Crippen LogP contribution in [0.4, 0.5) is 0 Å². The molecule has 146 valence electrons. The van der Waals surface area contributed by atoms with Crippen LogP contribution in [0.2, 0.25) is 0 Å². The van der Waals surface area contributed by atoms with E-state index in [0.29, 0.717) is 5.92 Å². The minimum Gasteiger partial charge on any atom is -0.381 e. The molecule has 0 amide bonds. The Balaban J connectivity index is 0.00000338. The number of aryl methyl sites for hydroxylation is 1. The highest BCUT2D eigenvalue weighted by Crippen LogP contribution is 2.22. The summed E-state index contributed by atoms with van der Waals surface area (Å²) < 4.78 is 5.59. The summed E-state index contributed by atoms with van der Waals surface area (Å²) in [6, 6.07) is 6.38. The second kappa shape index (κ2) is 12.2. The molecule has 0 radical (unpaired) electrons. The Labute approximate surface area is 174 Å². The van der Waals surface area contributed by atoms with Crippen molar-refractivity contribution in [2.45, 2.75) is 33.6 Å². The van der Waals surface area contributed by atoms with Gasteiger partial charge in [-0.2, -0.15) is 0 Å². The number of ether oxygens (including phenoxy) is 1. The summed E-state index contributed by atoms with van der Waals surface area (Å²) in [5, 5.41) is 8.06. The molecular formula is C20H33IN4O. The monoisotopic (exact) mass is 472 g/mol. The number of fused-ring (bicyclic) bond motifs is 1. The number of rotatable bonds is 9. The third-order valence-electron chi connectivity index (χ3n) is 4.12. The van der Waals surface area contributed by atoms with Crippen LogP contribution in [-0.2, 0) is 11.2 Å². The SMILES string of the molecule is CN=C(NCCCOCC(C)C)NCCc1c[nH]c2cccc(C)c12.I. The standard InChI is InChI=1S/C20H32N4O.HI/c1-15(2)14-25-12-6-10-22-20(21-4)23-11-9-17-13-24-18-8-5-7-16(3)19(17)18;/h5,7-8,13,15,24H,6,9-12,14H2,1-4H3,(H2,21,22,23);1H. The number of H-pyrrole nitrogens is 1. The van der Waals surface area contributed by atoms with Crippen molar-refractivity contribution in [1.29, 1.82) is 0 Å². The van der Waals surface area contributed by atoms with E-state index >= 15 is 0 Å². The zero-order chi connectivity index (χ0) is 18.1. The molecule has 1 aromatic heterocycles. The van der Waals surface area contributed by atoms with Gasteiger partial charge in [0.15, 0.2) is 5.96 Å². The van der Waals surface area contributed by atoms with Crippen molar-refractivity contribution in [3.63, 3.8) is 0 Å². The number of aromatic amines is 1. The number of hydrogen-bond donors (Lipinski definition) is 3. The predicted octanol–water partition coefficient (Wildman–Crippen LogP) is 3.86. The highest BCUT2D eigenvalue weighted by Gasteiger charge is 2.06. The highest BCUT2D eigenvalue weighted by atomic mass is 127. The van der Waals surface area contributed by atoms with Gasteiger partial charge in [-0.25, -0.2) is 0 Å². The highest BCUT2D eigenvalue weighted by molar-refractivity contribution is 14.0. The molecule has 0 atom stereocenters. The number of aromatic nitrogens is 1. The van der Waals surface area contributed by atoms with E-state index in [9.17, 15) is 0 Å². The number of aliphatic imine (C=N–C) groups is 1. The third-order valence-corrected chi connectivity index (χ3v) is 4.12. The molecule has 0 saturated carbocycles. The van der Waals surface area contributed by atoms with Crippen molar-refractivity contribution in [3.8, 4) is 0 Å². The molecule has 3 N–H and O–H groups in total. The first-order chi connectivity index (χ1) is 12.1. The summed E-state index contributed by atoms with van der Waals surface area (Å²) in [5.41, 5.74) is 3.87. The first-order valence-electron chi connectivity index (χ1n) is 9.19. The average Bonchev–Trinajstić information content (AvgIpc) is 3.00. The van der Waals surface area contributed by atoms with E-state index < -0.39 is 0 Å². The van der Waals surface area contributed by atoms with Gasteiger partial charge in [-0.05, 0) is 42.9 Å². The van der Waals surface area contributed by atoms with Gasteiger partial charge < -0.3 is 20.4 Å². The lowest BCUT2D eigenvalue weighted by atomic mass is 10.1. The average molecular weight is 472 g/mol. The van der Waals surface area contributed by atoms with Gasteiger partial charge in [-0.3, -0.25) is 4.99 Å². The van der Waals surface area contributed by atoms with Gasteiger partial charge in [-0.1, -0.05) is 26.0 Å². The summed E-state index contributed by atoms with van der Waals surface area (Å²) in [6.07, 6.45) is 4.06. The van der Waals surface area contributed by atoms with Crippen molar-refractivity contribution < 1.29 is 4.74 Å². The molecular weight excluding hydrogens is 439 g/mol. The molecule has 2 aromatic rings. The molecule has 2 rings (SSSR count). The Morgan fingerprint density at radius 3 is 2.73 bits per heavy atom. The summed E-state index contributed by atoms with van der Waals surface area (Å²) in [5.74, 6) is 1.44. The fourth-order valence-corrected chi connectivity index (χ4v) is 2.88. The molecule has 0 fully saturated rings.